The predicted molar refractivity (Wildman–Crippen MR) is 94.6 cm³/mol. The number of hydrogen-bond donors (Lipinski definition) is 1. The molecule has 0 spiro atoms. The molecule has 24 heavy (non-hydrogen) atoms. The first-order valence-electron chi connectivity index (χ1n) is 7.75. The molecule has 0 amide bonds. The lowest BCUT2D eigenvalue weighted by Crippen LogP contribution is -2.49. The second-order valence-electron chi connectivity index (χ2n) is 5.49. The van der Waals surface area contributed by atoms with Gasteiger partial charge in [0, 0.05) is 11.8 Å². The number of hydrogen-bond acceptors (Lipinski definition) is 3. The van der Waals surface area contributed by atoms with Gasteiger partial charge < -0.3 is 9.84 Å². The van der Waals surface area contributed by atoms with E-state index in [-0.39, 0.29) is 0 Å². The first kappa shape index (κ1) is 19.4. The van der Waals surface area contributed by atoms with Crippen LogP contribution >= 0.6 is 0 Å². The van der Waals surface area contributed by atoms with Crippen LogP contribution in [0.25, 0.3) is 0 Å². The number of carboxylic acids is 1. The SMILES string of the molecule is C=CC(c1ccccc1)C(C(=O)O)(C(=O)OC)C(C)C=CC=CC. The quantitative estimate of drug-likeness (QED) is 0.339. The molecule has 128 valence electrons. The van der Waals surface area contributed by atoms with Crippen molar-refractivity contribution in [2.45, 2.75) is 19.8 Å². The highest BCUT2D eigenvalue weighted by Gasteiger charge is 2.56. The topological polar surface area (TPSA) is 63.6 Å². The third-order valence-electron chi connectivity index (χ3n) is 4.18. The van der Waals surface area contributed by atoms with Crippen molar-refractivity contribution < 1.29 is 19.4 Å². The molecule has 0 heterocycles. The number of aliphatic carboxylic acids is 1. The van der Waals surface area contributed by atoms with Gasteiger partial charge in [0.2, 0.25) is 0 Å². The Balaban J connectivity index is 3.58. The molecule has 0 aliphatic carbocycles. The summed E-state index contributed by atoms with van der Waals surface area (Å²) in [4.78, 5) is 24.9. The Hall–Kier alpha value is -2.62. The van der Waals surface area contributed by atoms with Gasteiger partial charge in [0.25, 0.3) is 0 Å². The number of ether oxygens (including phenoxy) is 1. The summed E-state index contributed by atoms with van der Waals surface area (Å²) in [6, 6.07) is 9.01. The van der Waals surface area contributed by atoms with Gasteiger partial charge in [0.1, 0.15) is 0 Å². The van der Waals surface area contributed by atoms with Crippen LogP contribution in [-0.4, -0.2) is 24.2 Å². The molecule has 0 saturated heterocycles. The van der Waals surface area contributed by atoms with E-state index < -0.39 is 29.2 Å². The molecule has 0 aliphatic heterocycles. The van der Waals surface area contributed by atoms with E-state index in [0.717, 1.165) is 0 Å². The number of allylic oxidation sites excluding steroid dienone is 5. The fourth-order valence-electron chi connectivity index (χ4n) is 2.92. The molecule has 1 N–H and O–H groups in total. The van der Waals surface area contributed by atoms with Gasteiger partial charge in [-0.3, -0.25) is 9.59 Å². The van der Waals surface area contributed by atoms with Crippen LogP contribution in [0, 0.1) is 11.3 Å². The minimum absolute atomic E-state index is 0.609. The molecular weight excluding hydrogens is 304 g/mol. The molecule has 3 unspecified atom stereocenters. The zero-order valence-corrected chi connectivity index (χ0v) is 14.3. The monoisotopic (exact) mass is 328 g/mol. The Labute approximate surface area is 143 Å². The van der Waals surface area contributed by atoms with Gasteiger partial charge in [0.15, 0.2) is 5.41 Å². The van der Waals surface area contributed by atoms with Gasteiger partial charge in [-0.2, -0.15) is 0 Å². The lowest BCUT2D eigenvalue weighted by molar-refractivity contribution is -0.171. The fourth-order valence-corrected chi connectivity index (χ4v) is 2.92. The van der Waals surface area contributed by atoms with Crippen molar-refractivity contribution >= 4 is 11.9 Å². The van der Waals surface area contributed by atoms with Crippen LogP contribution in [-0.2, 0) is 14.3 Å². The van der Waals surface area contributed by atoms with Crippen molar-refractivity contribution in [2.24, 2.45) is 11.3 Å². The summed E-state index contributed by atoms with van der Waals surface area (Å²) in [5, 5.41) is 10.0. The highest BCUT2D eigenvalue weighted by molar-refractivity contribution is 6.01. The lowest BCUT2D eigenvalue weighted by Gasteiger charge is -2.36. The number of rotatable bonds is 8. The normalized spacial score (nSPS) is 16.5. The summed E-state index contributed by atoms with van der Waals surface area (Å²) in [7, 11) is 1.20. The predicted octanol–water partition coefficient (Wildman–Crippen LogP) is 3.97. The minimum atomic E-state index is -1.80. The van der Waals surface area contributed by atoms with Gasteiger partial charge in [-0.25, -0.2) is 0 Å². The van der Waals surface area contributed by atoms with Gasteiger partial charge >= 0.3 is 11.9 Å². The zero-order valence-electron chi connectivity index (χ0n) is 14.3. The molecule has 0 aromatic heterocycles. The van der Waals surface area contributed by atoms with Crippen LogP contribution in [0.5, 0.6) is 0 Å². The van der Waals surface area contributed by atoms with Crippen molar-refractivity contribution in [3.8, 4) is 0 Å². The average molecular weight is 328 g/mol. The maximum Gasteiger partial charge on any atom is 0.324 e. The molecular formula is C20H24O4. The van der Waals surface area contributed by atoms with Crippen LogP contribution < -0.4 is 0 Å². The summed E-state index contributed by atoms with van der Waals surface area (Å²) in [6.07, 6.45) is 8.54. The molecule has 4 heteroatoms. The summed E-state index contributed by atoms with van der Waals surface area (Å²) < 4.78 is 4.89. The van der Waals surface area contributed by atoms with Crippen LogP contribution in [0.4, 0.5) is 0 Å². The van der Waals surface area contributed by atoms with E-state index >= 15 is 0 Å². The van der Waals surface area contributed by atoms with E-state index in [2.05, 4.69) is 6.58 Å². The van der Waals surface area contributed by atoms with Gasteiger partial charge in [-0.05, 0) is 12.5 Å². The van der Waals surface area contributed by atoms with E-state index in [1.54, 1.807) is 49.4 Å². The highest BCUT2D eigenvalue weighted by atomic mass is 16.5. The highest BCUT2D eigenvalue weighted by Crippen LogP contribution is 2.45. The van der Waals surface area contributed by atoms with Crippen molar-refractivity contribution in [1.82, 2.24) is 0 Å². The van der Waals surface area contributed by atoms with E-state index in [1.807, 2.05) is 19.1 Å². The van der Waals surface area contributed by atoms with E-state index in [0.29, 0.717) is 5.56 Å². The summed E-state index contributed by atoms with van der Waals surface area (Å²) in [5.74, 6) is -3.36. The van der Waals surface area contributed by atoms with Crippen LogP contribution in [0.2, 0.25) is 0 Å². The Kier molecular flexibility index (Phi) is 7.18. The molecule has 0 saturated carbocycles. The molecule has 0 aliphatic rings. The second-order valence-corrected chi connectivity index (χ2v) is 5.49. The van der Waals surface area contributed by atoms with E-state index in [9.17, 15) is 14.7 Å². The Morgan fingerprint density at radius 3 is 2.33 bits per heavy atom. The smallest absolute Gasteiger partial charge is 0.324 e. The fraction of sp³-hybridized carbons (Fsp3) is 0.300. The Morgan fingerprint density at radius 2 is 1.88 bits per heavy atom. The first-order chi connectivity index (χ1) is 11.5. The molecule has 4 nitrogen and oxygen atoms in total. The standard InChI is InChI=1S/C20H24O4/c1-5-7-9-12-15(3)20(18(21)22,19(23)24-4)17(6-2)16-13-10-8-11-14-16/h5-15,17H,2H2,1,3-4H3,(H,21,22). The summed E-state index contributed by atoms with van der Waals surface area (Å²) in [6.45, 7) is 7.33. The van der Waals surface area contributed by atoms with E-state index in [4.69, 9.17) is 4.74 Å². The molecule has 0 radical (unpaired) electrons. The molecule has 3 atom stereocenters. The van der Waals surface area contributed by atoms with Crippen LogP contribution in [0.3, 0.4) is 0 Å². The second kappa shape index (κ2) is 8.87. The number of carboxylic acid groups (broad SMARTS) is 1. The van der Waals surface area contributed by atoms with E-state index in [1.165, 1.54) is 13.2 Å². The largest absolute Gasteiger partial charge is 0.480 e. The first-order valence-corrected chi connectivity index (χ1v) is 7.75. The van der Waals surface area contributed by atoms with Crippen LogP contribution in [0.1, 0.15) is 25.3 Å². The third-order valence-corrected chi connectivity index (χ3v) is 4.18. The van der Waals surface area contributed by atoms with Gasteiger partial charge in [-0.1, -0.05) is 67.6 Å². The van der Waals surface area contributed by atoms with Gasteiger partial charge in [0.05, 0.1) is 7.11 Å². The number of carbonyl (C=O) groups excluding carboxylic acids is 1. The maximum absolute atomic E-state index is 12.6. The number of benzene rings is 1. The van der Waals surface area contributed by atoms with Gasteiger partial charge in [-0.15, -0.1) is 6.58 Å². The van der Waals surface area contributed by atoms with Crippen molar-refractivity contribution in [2.75, 3.05) is 7.11 Å². The molecule has 1 aromatic rings. The lowest BCUT2D eigenvalue weighted by atomic mass is 9.64. The third kappa shape index (κ3) is 3.65. The zero-order chi connectivity index (χ0) is 18.2. The number of methoxy groups -OCH3 is 1. The summed E-state index contributed by atoms with van der Waals surface area (Å²) >= 11 is 0. The minimum Gasteiger partial charge on any atom is -0.480 e. The van der Waals surface area contributed by atoms with Crippen molar-refractivity contribution in [3.63, 3.8) is 0 Å². The van der Waals surface area contributed by atoms with Crippen LogP contribution in [0.15, 0.2) is 67.3 Å². The number of carbonyl (C=O) groups is 2. The Bertz CT molecular complexity index is 630. The summed E-state index contributed by atoms with van der Waals surface area (Å²) in [5.41, 5.74) is -1.10. The molecule has 0 fully saturated rings. The Morgan fingerprint density at radius 1 is 1.25 bits per heavy atom. The molecule has 0 bridgehead atoms. The average Bonchev–Trinajstić information content (AvgIpc) is 2.59. The molecule has 1 aromatic carbocycles. The van der Waals surface area contributed by atoms with Crippen molar-refractivity contribution in [1.29, 1.82) is 0 Å². The maximum atomic E-state index is 12.6. The van der Waals surface area contributed by atoms with Crippen molar-refractivity contribution in [3.05, 3.63) is 72.9 Å². The molecule has 1 rings (SSSR count). The number of esters is 1.